The molecule has 27 heavy (non-hydrogen) atoms. The average Bonchev–Trinajstić information content (AvgIpc) is 3.24. The van der Waals surface area contributed by atoms with Crippen molar-refractivity contribution < 1.29 is 9.53 Å². The summed E-state index contributed by atoms with van der Waals surface area (Å²) < 4.78 is 6.91. The molecule has 0 aliphatic carbocycles. The topological polar surface area (TPSA) is 68.2 Å². The Balaban J connectivity index is 1.67. The molecule has 2 N–H and O–H groups in total. The van der Waals surface area contributed by atoms with Crippen molar-refractivity contribution in [1.82, 2.24) is 20.4 Å². The molecular weight excluding hydrogens is 360 g/mol. The Morgan fingerprint density at radius 2 is 2.11 bits per heavy atom. The average molecular weight is 389 g/mol. The fraction of sp³-hybridized carbons (Fsp3) is 0.500. The maximum atomic E-state index is 13.2. The standard InChI is InChI=1S/C20H28N4O2S/c1-16(17-4-6-18(7-5-17)27-15-14-26-2)23-19(25)20(8-11-21-12-9-20)24-13-3-10-22-24/h3-7,10,13,16,21H,8-9,11-12,14-15H2,1-2H3,(H,23,25). The van der Waals surface area contributed by atoms with Crippen molar-refractivity contribution >= 4 is 17.7 Å². The van der Waals surface area contributed by atoms with Gasteiger partial charge in [-0.05, 0) is 56.6 Å². The number of ether oxygens (including phenoxy) is 1. The third kappa shape index (κ3) is 4.72. The molecule has 0 saturated carbocycles. The second-order valence-electron chi connectivity index (χ2n) is 6.84. The minimum atomic E-state index is -0.612. The molecule has 1 aromatic carbocycles. The van der Waals surface area contributed by atoms with Gasteiger partial charge in [-0.25, -0.2) is 0 Å². The molecule has 1 atom stereocenters. The van der Waals surface area contributed by atoms with Crippen LogP contribution in [0.4, 0.5) is 0 Å². The van der Waals surface area contributed by atoms with E-state index in [2.05, 4.69) is 40.0 Å². The highest BCUT2D eigenvalue weighted by molar-refractivity contribution is 7.99. The van der Waals surface area contributed by atoms with E-state index >= 15 is 0 Å². The van der Waals surface area contributed by atoms with E-state index < -0.39 is 5.54 Å². The highest BCUT2D eigenvalue weighted by Crippen LogP contribution is 2.29. The van der Waals surface area contributed by atoms with Crippen LogP contribution in [0, 0.1) is 0 Å². The number of hydrogen-bond donors (Lipinski definition) is 2. The summed E-state index contributed by atoms with van der Waals surface area (Å²) in [6, 6.07) is 10.2. The Morgan fingerprint density at radius 3 is 2.74 bits per heavy atom. The molecular formula is C20H28N4O2S. The number of rotatable bonds is 8. The molecule has 7 heteroatoms. The fourth-order valence-corrected chi connectivity index (χ4v) is 4.25. The molecule has 2 aromatic rings. The van der Waals surface area contributed by atoms with Crippen molar-refractivity contribution in [3.8, 4) is 0 Å². The molecule has 1 aromatic heterocycles. The van der Waals surface area contributed by atoms with Crippen LogP contribution in [0.5, 0.6) is 0 Å². The Bertz CT molecular complexity index is 712. The Hall–Kier alpha value is -1.83. The minimum absolute atomic E-state index is 0.0405. The fourth-order valence-electron chi connectivity index (χ4n) is 3.43. The number of carbonyl (C=O) groups excluding carboxylic acids is 1. The monoisotopic (exact) mass is 388 g/mol. The SMILES string of the molecule is COCCSc1ccc(C(C)NC(=O)C2(n3cccn3)CCNCC2)cc1. The summed E-state index contributed by atoms with van der Waals surface area (Å²) in [5.41, 5.74) is 0.489. The van der Waals surface area contributed by atoms with Crippen molar-refractivity contribution in [2.24, 2.45) is 0 Å². The van der Waals surface area contributed by atoms with E-state index in [-0.39, 0.29) is 11.9 Å². The largest absolute Gasteiger partial charge is 0.384 e. The summed E-state index contributed by atoms with van der Waals surface area (Å²) in [6.45, 7) is 4.40. The van der Waals surface area contributed by atoms with Gasteiger partial charge in [0.2, 0.25) is 5.91 Å². The van der Waals surface area contributed by atoms with Gasteiger partial charge in [-0.3, -0.25) is 9.48 Å². The van der Waals surface area contributed by atoms with E-state index in [1.165, 1.54) is 4.90 Å². The molecule has 2 heterocycles. The maximum Gasteiger partial charge on any atom is 0.248 e. The van der Waals surface area contributed by atoms with Crippen LogP contribution in [0.2, 0.25) is 0 Å². The molecule has 1 aliphatic rings. The van der Waals surface area contributed by atoms with Gasteiger partial charge in [0.1, 0.15) is 5.54 Å². The van der Waals surface area contributed by atoms with Crippen LogP contribution in [0.15, 0.2) is 47.6 Å². The van der Waals surface area contributed by atoms with E-state index in [1.807, 2.05) is 23.9 Å². The quantitative estimate of drug-likeness (QED) is 0.537. The molecule has 1 unspecified atom stereocenters. The number of methoxy groups -OCH3 is 1. The zero-order chi connectivity index (χ0) is 19.1. The summed E-state index contributed by atoms with van der Waals surface area (Å²) in [5.74, 6) is 0.974. The van der Waals surface area contributed by atoms with Gasteiger partial charge in [-0.2, -0.15) is 5.10 Å². The van der Waals surface area contributed by atoms with Gasteiger partial charge in [0.05, 0.1) is 12.6 Å². The zero-order valence-corrected chi connectivity index (χ0v) is 16.8. The molecule has 6 nitrogen and oxygen atoms in total. The van der Waals surface area contributed by atoms with Crippen LogP contribution >= 0.6 is 11.8 Å². The maximum absolute atomic E-state index is 13.2. The van der Waals surface area contributed by atoms with Crippen molar-refractivity contribution in [3.63, 3.8) is 0 Å². The molecule has 1 fully saturated rings. The zero-order valence-electron chi connectivity index (χ0n) is 16.0. The van der Waals surface area contributed by atoms with Crippen molar-refractivity contribution in [2.75, 3.05) is 32.6 Å². The molecule has 0 spiro atoms. The van der Waals surface area contributed by atoms with Gasteiger partial charge >= 0.3 is 0 Å². The first-order chi connectivity index (χ1) is 13.2. The minimum Gasteiger partial charge on any atom is -0.384 e. The van der Waals surface area contributed by atoms with Gasteiger partial charge in [-0.15, -0.1) is 11.8 Å². The number of thioether (sulfide) groups is 1. The van der Waals surface area contributed by atoms with Crippen LogP contribution in [0.25, 0.3) is 0 Å². The Kier molecular flexibility index (Phi) is 6.93. The number of piperidine rings is 1. The molecule has 1 aliphatic heterocycles. The van der Waals surface area contributed by atoms with Gasteiger partial charge in [0.15, 0.2) is 0 Å². The molecule has 0 bridgehead atoms. The Labute approximate surface area is 165 Å². The molecule has 0 radical (unpaired) electrons. The lowest BCUT2D eigenvalue weighted by Crippen LogP contribution is -2.55. The third-order valence-corrected chi connectivity index (χ3v) is 6.06. The molecule has 146 valence electrons. The van der Waals surface area contributed by atoms with Gasteiger partial charge in [0, 0.05) is 30.2 Å². The first-order valence-corrected chi connectivity index (χ1v) is 10.4. The first kappa shape index (κ1) is 19.9. The number of amides is 1. The number of benzene rings is 1. The van der Waals surface area contributed by atoms with Crippen LogP contribution < -0.4 is 10.6 Å². The summed E-state index contributed by atoms with van der Waals surface area (Å²) in [7, 11) is 1.71. The van der Waals surface area contributed by atoms with Gasteiger partial charge < -0.3 is 15.4 Å². The van der Waals surface area contributed by atoms with E-state index in [9.17, 15) is 4.79 Å². The number of nitrogens with zero attached hydrogens (tertiary/aromatic N) is 2. The van der Waals surface area contributed by atoms with E-state index in [0.29, 0.717) is 0 Å². The highest BCUT2D eigenvalue weighted by Gasteiger charge is 2.42. The van der Waals surface area contributed by atoms with E-state index in [4.69, 9.17) is 4.74 Å². The van der Waals surface area contributed by atoms with Crippen LogP contribution in [0.1, 0.15) is 31.4 Å². The number of nitrogens with one attached hydrogen (secondary N) is 2. The number of aromatic nitrogens is 2. The summed E-state index contributed by atoms with van der Waals surface area (Å²) in [4.78, 5) is 14.4. The van der Waals surface area contributed by atoms with Crippen molar-refractivity contribution in [1.29, 1.82) is 0 Å². The molecule has 3 rings (SSSR count). The third-order valence-electron chi connectivity index (χ3n) is 5.08. The van der Waals surface area contributed by atoms with Crippen molar-refractivity contribution in [2.45, 2.75) is 36.2 Å². The number of carbonyl (C=O) groups is 1. The van der Waals surface area contributed by atoms with Crippen LogP contribution in [0.3, 0.4) is 0 Å². The second kappa shape index (κ2) is 9.39. The summed E-state index contributed by atoms with van der Waals surface area (Å²) in [6.07, 6.45) is 5.10. The normalized spacial score (nSPS) is 17.4. The van der Waals surface area contributed by atoms with Gasteiger partial charge in [0.25, 0.3) is 0 Å². The van der Waals surface area contributed by atoms with Crippen LogP contribution in [-0.2, 0) is 15.1 Å². The lowest BCUT2D eigenvalue weighted by molar-refractivity contribution is -0.132. The summed E-state index contributed by atoms with van der Waals surface area (Å²) >= 11 is 1.77. The van der Waals surface area contributed by atoms with Crippen molar-refractivity contribution in [3.05, 3.63) is 48.3 Å². The molecule has 1 saturated heterocycles. The summed E-state index contributed by atoms with van der Waals surface area (Å²) in [5, 5.41) is 10.9. The first-order valence-electron chi connectivity index (χ1n) is 9.39. The lowest BCUT2D eigenvalue weighted by atomic mass is 9.87. The number of hydrogen-bond acceptors (Lipinski definition) is 5. The second-order valence-corrected chi connectivity index (χ2v) is 8.01. The lowest BCUT2D eigenvalue weighted by Gasteiger charge is -2.37. The Morgan fingerprint density at radius 1 is 1.37 bits per heavy atom. The highest BCUT2D eigenvalue weighted by atomic mass is 32.2. The van der Waals surface area contributed by atoms with Crippen LogP contribution in [-0.4, -0.2) is 48.2 Å². The smallest absolute Gasteiger partial charge is 0.248 e. The molecule has 1 amide bonds. The van der Waals surface area contributed by atoms with E-state index in [0.717, 1.165) is 43.9 Å². The predicted molar refractivity (Wildman–Crippen MR) is 108 cm³/mol. The predicted octanol–water partition coefficient (Wildman–Crippen LogP) is 2.58. The van der Waals surface area contributed by atoms with Gasteiger partial charge in [-0.1, -0.05) is 12.1 Å². The van der Waals surface area contributed by atoms with E-state index in [1.54, 1.807) is 25.1 Å².